The summed E-state index contributed by atoms with van der Waals surface area (Å²) in [4.78, 5) is 25.3. The minimum absolute atomic E-state index is 0.145. The maximum Gasteiger partial charge on any atom is 0.325 e. The largest absolute Gasteiger partial charge is 0.325 e. The lowest BCUT2D eigenvalue weighted by Crippen LogP contribution is -2.43. The standard InChI is InChI=1S/C13H15IN2O2/c1-3-13(2)11(17)16(12(18)15-13)8-9-4-6-10(14)7-5-9/h4-7H,3,8H2,1-2H3,(H,15,18). The van der Waals surface area contributed by atoms with E-state index in [1.54, 1.807) is 6.92 Å². The van der Waals surface area contributed by atoms with Crippen molar-refractivity contribution in [3.05, 3.63) is 33.4 Å². The van der Waals surface area contributed by atoms with Crippen molar-refractivity contribution in [3.63, 3.8) is 0 Å². The lowest BCUT2D eigenvalue weighted by atomic mass is 9.99. The van der Waals surface area contributed by atoms with Gasteiger partial charge in [-0.3, -0.25) is 9.69 Å². The van der Waals surface area contributed by atoms with Crippen LogP contribution in [0, 0.1) is 3.57 Å². The Balaban J connectivity index is 2.17. The topological polar surface area (TPSA) is 49.4 Å². The van der Waals surface area contributed by atoms with Crippen LogP contribution in [0.25, 0.3) is 0 Å². The third-order valence-corrected chi connectivity index (χ3v) is 4.03. The van der Waals surface area contributed by atoms with Gasteiger partial charge in [-0.25, -0.2) is 4.79 Å². The summed E-state index contributed by atoms with van der Waals surface area (Å²) < 4.78 is 1.13. The molecule has 0 radical (unpaired) electrons. The van der Waals surface area contributed by atoms with Gasteiger partial charge < -0.3 is 5.32 Å². The van der Waals surface area contributed by atoms with Crippen molar-refractivity contribution < 1.29 is 9.59 Å². The molecule has 0 aromatic heterocycles. The third kappa shape index (κ3) is 2.36. The molecule has 18 heavy (non-hydrogen) atoms. The number of rotatable bonds is 3. The van der Waals surface area contributed by atoms with Gasteiger partial charge in [0.15, 0.2) is 0 Å². The van der Waals surface area contributed by atoms with Crippen molar-refractivity contribution in [2.45, 2.75) is 32.4 Å². The molecule has 3 amide bonds. The normalized spacial score (nSPS) is 23.4. The van der Waals surface area contributed by atoms with Crippen LogP contribution in [0.15, 0.2) is 24.3 Å². The van der Waals surface area contributed by atoms with E-state index in [-0.39, 0.29) is 11.9 Å². The lowest BCUT2D eigenvalue weighted by Gasteiger charge is -2.19. The molecule has 1 aromatic carbocycles. The summed E-state index contributed by atoms with van der Waals surface area (Å²) in [5, 5.41) is 2.75. The van der Waals surface area contributed by atoms with Crippen molar-refractivity contribution in [2.24, 2.45) is 0 Å². The van der Waals surface area contributed by atoms with Crippen molar-refractivity contribution >= 4 is 34.5 Å². The Morgan fingerprint density at radius 3 is 2.39 bits per heavy atom. The highest BCUT2D eigenvalue weighted by Crippen LogP contribution is 2.22. The van der Waals surface area contributed by atoms with E-state index in [1.807, 2.05) is 31.2 Å². The van der Waals surface area contributed by atoms with Gasteiger partial charge in [0.25, 0.3) is 5.91 Å². The predicted molar refractivity (Wildman–Crippen MR) is 76.9 cm³/mol. The minimum atomic E-state index is -0.750. The second-order valence-corrected chi connectivity index (χ2v) is 5.88. The van der Waals surface area contributed by atoms with E-state index < -0.39 is 5.54 Å². The molecule has 1 atom stereocenters. The third-order valence-electron chi connectivity index (χ3n) is 3.31. The van der Waals surface area contributed by atoms with Gasteiger partial charge in [0.1, 0.15) is 5.54 Å². The van der Waals surface area contributed by atoms with Gasteiger partial charge in [0.05, 0.1) is 6.54 Å². The van der Waals surface area contributed by atoms with Crippen LogP contribution in [-0.4, -0.2) is 22.4 Å². The molecule has 1 aliphatic rings. The molecule has 1 fully saturated rings. The molecule has 1 N–H and O–H groups in total. The van der Waals surface area contributed by atoms with Crippen LogP contribution < -0.4 is 5.32 Å². The SMILES string of the molecule is CCC1(C)NC(=O)N(Cc2ccc(I)cc2)C1=O. The molecule has 1 saturated heterocycles. The van der Waals surface area contributed by atoms with E-state index in [4.69, 9.17) is 0 Å². The van der Waals surface area contributed by atoms with E-state index in [0.29, 0.717) is 13.0 Å². The van der Waals surface area contributed by atoms with E-state index >= 15 is 0 Å². The van der Waals surface area contributed by atoms with Gasteiger partial charge >= 0.3 is 6.03 Å². The zero-order valence-electron chi connectivity index (χ0n) is 10.4. The van der Waals surface area contributed by atoms with Crippen LogP contribution in [0.5, 0.6) is 0 Å². The summed E-state index contributed by atoms with van der Waals surface area (Å²) in [6.07, 6.45) is 0.598. The molecule has 1 aromatic rings. The summed E-state index contributed by atoms with van der Waals surface area (Å²) in [6.45, 7) is 3.99. The number of nitrogens with one attached hydrogen (secondary N) is 1. The fourth-order valence-corrected chi connectivity index (χ4v) is 2.26. The van der Waals surface area contributed by atoms with Crippen LogP contribution in [-0.2, 0) is 11.3 Å². The molecule has 1 aliphatic heterocycles. The van der Waals surface area contributed by atoms with Crippen molar-refractivity contribution in [3.8, 4) is 0 Å². The van der Waals surface area contributed by atoms with Crippen LogP contribution in [0.1, 0.15) is 25.8 Å². The van der Waals surface area contributed by atoms with Crippen molar-refractivity contribution in [2.75, 3.05) is 0 Å². The van der Waals surface area contributed by atoms with Crippen LogP contribution >= 0.6 is 22.6 Å². The average molecular weight is 358 g/mol. The number of urea groups is 1. The molecule has 1 unspecified atom stereocenters. The lowest BCUT2D eigenvalue weighted by molar-refractivity contribution is -0.131. The van der Waals surface area contributed by atoms with Gasteiger partial charge in [-0.15, -0.1) is 0 Å². The second-order valence-electron chi connectivity index (χ2n) is 4.63. The van der Waals surface area contributed by atoms with Crippen LogP contribution in [0.4, 0.5) is 4.79 Å². The fraction of sp³-hybridized carbons (Fsp3) is 0.385. The summed E-state index contributed by atoms with van der Waals surface area (Å²) in [7, 11) is 0. The number of nitrogens with zero attached hydrogens (tertiary/aromatic N) is 1. The Morgan fingerprint density at radius 1 is 1.28 bits per heavy atom. The summed E-state index contributed by atoms with van der Waals surface area (Å²) in [5.41, 5.74) is 0.208. The highest BCUT2D eigenvalue weighted by Gasteiger charge is 2.46. The maximum absolute atomic E-state index is 12.2. The number of imide groups is 1. The fourth-order valence-electron chi connectivity index (χ4n) is 1.90. The van der Waals surface area contributed by atoms with Gasteiger partial charge in [0.2, 0.25) is 0 Å². The Hall–Kier alpha value is -1.11. The Labute approximate surface area is 120 Å². The predicted octanol–water partition coefficient (Wildman–Crippen LogP) is 2.51. The number of amides is 3. The molecule has 0 saturated carbocycles. The monoisotopic (exact) mass is 358 g/mol. The molecule has 2 rings (SSSR count). The molecule has 96 valence electrons. The first kappa shape index (κ1) is 13.3. The summed E-state index contributed by atoms with van der Waals surface area (Å²) >= 11 is 2.22. The highest BCUT2D eigenvalue weighted by molar-refractivity contribution is 14.1. The molecule has 1 heterocycles. The minimum Gasteiger partial charge on any atom is -0.323 e. The molecule has 0 bridgehead atoms. The van der Waals surface area contributed by atoms with Gasteiger partial charge in [0, 0.05) is 3.57 Å². The van der Waals surface area contributed by atoms with Gasteiger partial charge in [-0.05, 0) is 53.6 Å². The highest BCUT2D eigenvalue weighted by atomic mass is 127. The zero-order valence-corrected chi connectivity index (χ0v) is 12.5. The molecule has 5 heteroatoms. The number of carbonyl (C=O) groups excluding carboxylic acids is 2. The van der Waals surface area contributed by atoms with Gasteiger partial charge in [-0.2, -0.15) is 0 Å². The Bertz CT molecular complexity index is 486. The van der Waals surface area contributed by atoms with E-state index in [1.165, 1.54) is 4.90 Å². The van der Waals surface area contributed by atoms with E-state index in [2.05, 4.69) is 27.9 Å². The molecule has 0 aliphatic carbocycles. The van der Waals surface area contributed by atoms with Crippen LogP contribution in [0.2, 0.25) is 0 Å². The second kappa shape index (κ2) is 4.87. The maximum atomic E-state index is 12.2. The van der Waals surface area contributed by atoms with Crippen molar-refractivity contribution in [1.82, 2.24) is 10.2 Å². The number of halogens is 1. The molecular weight excluding hydrogens is 343 g/mol. The molecule has 0 spiro atoms. The van der Waals surface area contributed by atoms with E-state index in [0.717, 1.165) is 9.13 Å². The number of hydrogen-bond acceptors (Lipinski definition) is 2. The smallest absolute Gasteiger partial charge is 0.323 e. The van der Waals surface area contributed by atoms with Gasteiger partial charge in [-0.1, -0.05) is 19.1 Å². The summed E-state index contributed by atoms with van der Waals surface area (Å²) in [6, 6.07) is 7.50. The number of hydrogen-bond donors (Lipinski definition) is 1. The Morgan fingerprint density at radius 2 is 1.89 bits per heavy atom. The Kier molecular flexibility index (Phi) is 3.61. The first-order chi connectivity index (χ1) is 8.46. The average Bonchev–Trinajstić information content (AvgIpc) is 2.56. The first-order valence-electron chi connectivity index (χ1n) is 5.85. The van der Waals surface area contributed by atoms with Crippen LogP contribution in [0.3, 0.4) is 0 Å². The number of carbonyl (C=O) groups is 2. The van der Waals surface area contributed by atoms with Crippen molar-refractivity contribution in [1.29, 1.82) is 0 Å². The first-order valence-corrected chi connectivity index (χ1v) is 6.93. The quantitative estimate of drug-likeness (QED) is 0.667. The zero-order chi connectivity index (χ0) is 13.3. The molecule has 4 nitrogen and oxygen atoms in total. The summed E-state index contributed by atoms with van der Waals surface area (Å²) in [5.74, 6) is -0.145. The molecular formula is C13H15IN2O2. The number of benzene rings is 1. The van der Waals surface area contributed by atoms with E-state index in [9.17, 15) is 9.59 Å².